The highest BCUT2D eigenvalue weighted by molar-refractivity contribution is 9.10. The van der Waals surface area contributed by atoms with Gasteiger partial charge in [0, 0.05) is 18.1 Å². The summed E-state index contributed by atoms with van der Waals surface area (Å²) < 4.78 is 10.2. The maximum absolute atomic E-state index is 5.05. The molecule has 1 N–H and O–H groups in total. The number of halogens is 1. The van der Waals surface area contributed by atoms with Gasteiger partial charge >= 0.3 is 0 Å². The molecule has 0 bridgehead atoms. The first-order valence-corrected chi connectivity index (χ1v) is 4.69. The Morgan fingerprint density at radius 2 is 2.45 bits per heavy atom. The molecule has 0 atom stereocenters. The standard InChI is InChI=1S/C6H9BrN2OS/c1-8-3-4-5(7)6(10-2)11-9-4/h8H,3H2,1-2H3. The van der Waals surface area contributed by atoms with Crippen molar-refractivity contribution in [2.24, 2.45) is 0 Å². The van der Waals surface area contributed by atoms with Crippen LogP contribution in [0.1, 0.15) is 5.69 Å². The minimum Gasteiger partial charge on any atom is -0.485 e. The Bertz CT molecular complexity index is 238. The topological polar surface area (TPSA) is 34.2 Å². The van der Waals surface area contributed by atoms with E-state index in [2.05, 4.69) is 25.6 Å². The molecule has 1 rings (SSSR count). The third-order valence-electron chi connectivity index (χ3n) is 1.20. The molecule has 0 saturated carbocycles. The lowest BCUT2D eigenvalue weighted by atomic mass is 10.4. The molecule has 0 fully saturated rings. The first kappa shape index (κ1) is 8.96. The summed E-state index contributed by atoms with van der Waals surface area (Å²) in [5.41, 5.74) is 0.995. The zero-order valence-corrected chi connectivity index (χ0v) is 8.75. The van der Waals surface area contributed by atoms with Gasteiger partial charge in [-0.05, 0) is 23.0 Å². The van der Waals surface area contributed by atoms with Gasteiger partial charge in [0.25, 0.3) is 0 Å². The molecule has 11 heavy (non-hydrogen) atoms. The Morgan fingerprint density at radius 1 is 1.73 bits per heavy atom. The molecule has 0 spiro atoms. The van der Waals surface area contributed by atoms with Gasteiger partial charge in [0.2, 0.25) is 5.06 Å². The molecule has 5 heteroatoms. The Hall–Kier alpha value is -0.130. The third kappa shape index (κ3) is 1.91. The molecule has 3 nitrogen and oxygen atoms in total. The van der Waals surface area contributed by atoms with Crippen molar-refractivity contribution in [1.29, 1.82) is 0 Å². The van der Waals surface area contributed by atoms with Crippen LogP contribution in [0.25, 0.3) is 0 Å². The van der Waals surface area contributed by atoms with E-state index in [0.717, 1.165) is 21.8 Å². The fourth-order valence-corrected chi connectivity index (χ4v) is 2.05. The van der Waals surface area contributed by atoms with E-state index in [4.69, 9.17) is 4.74 Å². The van der Waals surface area contributed by atoms with Crippen LogP contribution in [0.15, 0.2) is 4.47 Å². The van der Waals surface area contributed by atoms with Crippen molar-refractivity contribution in [3.8, 4) is 5.06 Å². The highest BCUT2D eigenvalue weighted by Gasteiger charge is 2.09. The number of nitrogens with one attached hydrogen (secondary N) is 1. The predicted molar refractivity (Wildman–Crippen MR) is 49.1 cm³/mol. The van der Waals surface area contributed by atoms with Gasteiger partial charge in [-0.15, -0.1) is 0 Å². The molecule has 0 aliphatic heterocycles. The van der Waals surface area contributed by atoms with Crippen LogP contribution in [0.5, 0.6) is 5.06 Å². The van der Waals surface area contributed by atoms with Crippen LogP contribution in [-0.4, -0.2) is 18.5 Å². The minimum absolute atomic E-state index is 0.764. The van der Waals surface area contributed by atoms with Gasteiger partial charge < -0.3 is 10.1 Å². The second-order valence-corrected chi connectivity index (χ2v) is 3.49. The Labute approximate surface area is 78.1 Å². The molecule has 1 aromatic heterocycles. The van der Waals surface area contributed by atoms with Crippen LogP contribution in [0.2, 0.25) is 0 Å². The second-order valence-electron chi connectivity index (χ2n) is 1.97. The average molecular weight is 237 g/mol. The lowest BCUT2D eigenvalue weighted by molar-refractivity contribution is 0.424. The van der Waals surface area contributed by atoms with Gasteiger partial charge in [0.05, 0.1) is 17.3 Å². The van der Waals surface area contributed by atoms with Gasteiger partial charge in [-0.3, -0.25) is 0 Å². The second kappa shape index (κ2) is 4.04. The molecule has 62 valence electrons. The zero-order valence-electron chi connectivity index (χ0n) is 6.35. The van der Waals surface area contributed by atoms with Crippen LogP contribution >= 0.6 is 27.5 Å². The molecular weight excluding hydrogens is 228 g/mol. The van der Waals surface area contributed by atoms with Crippen molar-refractivity contribution in [1.82, 2.24) is 9.69 Å². The van der Waals surface area contributed by atoms with Crippen molar-refractivity contribution in [3.63, 3.8) is 0 Å². The molecule has 0 amide bonds. The minimum atomic E-state index is 0.764. The molecular formula is C6H9BrN2OS. The summed E-state index contributed by atoms with van der Waals surface area (Å²) in [4.78, 5) is 0. The van der Waals surface area contributed by atoms with Crippen LogP contribution in [0.3, 0.4) is 0 Å². The summed E-state index contributed by atoms with van der Waals surface area (Å²) in [5, 5.41) is 3.85. The van der Waals surface area contributed by atoms with Crippen molar-refractivity contribution in [2.45, 2.75) is 6.54 Å². The summed E-state index contributed by atoms with van der Waals surface area (Å²) in [5.74, 6) is 0. The number of hydrogen-bond donors (Lipinski definition) is 1. The van der Waals surface area contributed by atoms with E-state index in [1.165, 1.54) is 11.5 Å². The van der Waals surface area contributed by atoms with Gasteiger partial charge in [-0.25, -0.2) is 0 Å². The van der Waals surface area contributed by atoms with Gasteiger partial charge in [-0.2, -0.15) is 4.37 Å². The highest BCUT2D eigenvalue weighted by Crippen LogP contribution is 2.32. The smallest absolute Gasteiger partial charge is 0.207 e. The summed E-state index contributed by atoms with van der Waals surface area (Å²) in [6.07, 6.45) is 0. The van der Waals surface area contributed by atoms with Crippen LogP contribution < -0.4 is 10.1 Å². The van der Waals surface area contributed by atoms with E-state index in [1.807, 2.05) is 7.05 Å². The summed E-state index contributed by atoms with van der Waals surface area (Å²) in [6, 6.07) is 0. The van der Waals surface area contributed by atoms with E-state index < -0.39 is 0 Å². The van der Waals surface area contributed by atoms with Crippen molar-refractivity contribution in [3.05, 3.63) is 10.2 Å². The Kier molecular flexibility index (Phi) is 3.29. The normalized spacial score (nSPS) is 10.1. The number of aromatic nitrogens is 1. The lowest BCUT2D eigenvalue weighted by Crippen LogP contribution is -2.05. The molecule has 0 aliphatic rings. The Morgan fingerprint density at radius 3 is 2.91 bits per heavy atom. The lowest BCUT2D eigenvalue weighted by Gasteiger charge is -1.95. The maximum Gasteiger partial charge on any atom is 0.207 e. The number of rotatable bonds is 3. The molecule has 0 saturated heterocycles. The quantitative estimate of drug-likeness (QED) is 0.867. The van der Waals surface area contributed by atoms with Gasteiger partial charge in [-0.1, -0.05) is 0 Å². The van der Waals surface area contributed by atoms with Crippen molar-refractivity contribution >= 4 is 27.5 Å². The number of methoxy groups -OCH3 is 1. The van der Waals surface area contributed by atoms with Crippen LogP contribution in [-0.2, 0) is 6.54 Å². The van der Waals surface area contributed by atoms with E-state index in [-0.39, 0.29) is 0 Å². The number of ether oxygens (including phenoxy) is 1. The van der Waals surface area contributed by atoms with Gasteiger partial charge in [0.15, 0.2) is 0 Å². The monoisotopic (exact) mass is 236 g/mol. The number of hydrogen-bond acceptors (Lipinski definition) is 4. The fraction of sp³-hybridized carbons (Fsp3) is 0.500. The predicted octanol–water partition coefficient (Wildman–Crippen LogP) is 1.63. The summed E-state index contributed by atoms with van der Waals surface area (Å²) in [6.45, 7) is 0.764. The van der Waals surface area contributed by atoms with Gasteiger partial charge in [0.1, 0.15) is 0 Å². The Balaban J connectivity index is 2.82. The van der Waals surface area contributed by atoms with Crippen molar-refractivity contribution < 1.29 is 4.74 Å². The molecule has 0 aliphatic carbocycles. The summed E-state index contributed by atoms with van der Waals surface area (Å²) in [7, 11) is 3.53. The third-order valence-corrected chi connectivity index (χ3v) is 3.13. The average Bonchev–Trinajstić information content (AvgIpc) is 2.34. The molecule has 0 unspecified atom stereocenters. The number of nitrogens with zero attached hydrogens (tertiary/aromatic N) is 1. The highest BCUT2D eigenvalue weighted by atomic mass is 79.9. The SMILES string of the molecule is CNCc1nsc(OC)c1Br. The first-order valence-electron chi connectivity index (χ1n) is 3.12. The van der Waals surface area contributed by atoms with Crippen LogP contribution in [0, 0.1) is 0 Å². The molecule has 1 aromatic rings. The van der Waals surface area contributed by atoms with Crippen molar-refractivity contribution in [2.75, 3.05) is 14.2 Å². The largest absolute Gasteiger partial charge is 0.485 e. The first-order chi connectivity index (χ1) is 5.29. The van der Waals surface area contributed by atoms with E-state index in [1.54, 1.807) is 7.11 Å². The molecule has 0 radical (unpaired) electrons. The molecule has 1 heterocycles. The zero-order chi connectivity index (χ0) is 8.27. The van der Waals surface area contributed by atoms with Crippen LogP contribution in [0.4, 0.5) is 0 Å². The fourth-order valence-electron chi connectivity index (χ4n) is 0.699. The van der Waals surface area contributed by atoms with E-state index in [9.17, 15) is 0 Å². The maximum atomic E-state index is 5.05. The molecule has 0 aromatic carbocycles. The van der Waals surface area contributed by atoms with E-state index in [0.29, 0.717) is 0 Å². The van der Waals surface area contributed by atoms with E-state index >= 15 is 0 Å². The summed E-state index contributed by atoms with van der Waals surface area (Å²) >= 11 is 4.75.